The van der Waals surface area contributed by atoms with Crippen molar-refractivity contribution in [3.63, 3.8) is 0 Å². The number of allylic oxidation sites excluding steroid dienone is 1. The van der Waals surface area contributed by atoms with Crippen LogP contribution in [0.4, 0.5) is 0 Å². The molecule has 0 aliphatic rings. The molecule has 0 unspecified atom stereocenters. The average molecular weight is 284 g/mol. The lowest BCUT2D eigenvalue weighted by atomic mass is 10.2. The first-order valence-electron chi connectivity index (χ1n) is 5.72. The number of sulfone groups is 1. The fourth-order valence-electron chi connectivity index (χ4n) is 1.34. The molecule has 1 N–H and O–H groups in total. The molecule has 19 heavy (non-hydrogen) atoms. The van der Waals surface area contributed by atoms with Gasteiger partial charge in [-0.3, -0.25) is 0 Å². The van der Waals surface area contributed by atoms with Crippen molar-refractivity contribution in [1.29, 1.82) is 0 Å². The molecule has 0 saturated heterocycles. The monoisotopic (exact) mass is 284 g/mol. The van der Waals surface area contributed by atoms with Gasteiger partial charge in [-0.25, -0.2) is 13.2 Å². The Kier molecular flexibility index (Phi) is 5.72. The standard InChI is InChI=1S/C13H16O5S/c1-2-3-8-18-9-10-19(16,17)12-6-4-11(5-7-12)13(14)15/h2-7H,8-10H2,1H3,(H,14,15)/b3-2+. The first-order chi connectivity index (χ1) is 8.97. The lowest BCUT2D eigenvalue weighted by Crippen LogP contribution is -2.13. The molecular formula is C13H16O5S. The van der Waals surface area contributed by atoms with Gasteiger partial charge in [-0.15, -0.1) is 0 Å². The molecule has 0 aliphatic carbocycles. The number of rotatable bonds is 7. The maximum Gasteiger partial charge on any atom is 0.335 e. The van der Waals surface area contributed by atoms with Gasteiger partial charge in [-0.05, 0) is 31.2 Å². The summed E-state index contributed by atoms with van der Waals surface area (Å²) in [6.07, 6.45) is 3.60. The van der Waals surface area contributed by atoms with Gasteiger partial charge in [0.25, 0.3) is 0 Å². The summed E-state index contributed by atoms with van der Waals surface area (Å²) in [4.78, 5) is 10.8. The summed E-state index contributed by atoms with van der Waals surface area (Å²) in [6, 6.07) is 5.14. The van der Waals surface area contributed by atoms with Crippen molar-refractivity contribution in [2.24, 2.45) is 0 Å². The quantitative estimate of drug-likeness (QED) is 0.609. The molecule has 0 amide bonds. The van der Waals surface area contributed by atoms with E-state index in [1.54, 1.807) is 6.08 Å². The van der Waals surface area contributed by atoms with Gasteiger partial charge in [0.15, 0.2) is 9.84 Å². The van der Waals surface area contributed by atoms with Gasteiger partial charge in [-0.1, -0.05) is 12.2 Å². The van der Waals surface area contributed by atoms with Crippen molar-refractivity contribution < 1.29 is 23.1 Å². The number of carboxylic acid groups (broad SMARTS) is 1. The van der Waals surface area contributed by atoms with Crippen LogP contribution < -0.4 is 0 Å². The third-order valence-electron chi connectivity index (χ3n) is 2.41. The highest BCUT2D eigenvalue weighted by molar-refractivity contribution is 7.91. The van der Waals surface area contributed by atoms with Crippen molar-refractivity contribution in [3.8, 4) is 0 Å². The van der Waals surface area contributed by atoms with E-state index in [-0.39, 0.29) is 22.8 Å². The molecule has 1 rings (SSSR count). The van der Waals surface area contributed by atoms with Gasteiger partial charge in [0.05, 0.1) is 29.4 Å². The molecule has 0 fully saturated rings. The lowest BCUT2D eigenvalue weighted by Gasteiger charge is -2.05. The zero-order chi connectivity index (χ0) is 14.3. The Labute approximate surface area is 112 Å². The molecule has 0 saturated carbocycles. The predicted molar refractivity (Wildman–Crippen MR) is 71.1 cm³/mol. The lowest BCUT2D eigenvalue weighted by molar-refractivity contribution is 0.0696. The Hall–Kier alpha value is -1.66. The molecule has 6 heteroatoms. The van der Waals surface area contributed by atoms with Crippen LogP contribution in [0.1, 0.15) is 17.3 Å². The molecule has 0 atom stereocenters. The van der Waals surface area contributed by atoms with Crippen LogP contribution in [0.2, 0.25) is 0 Å². The zero-order valence-electron chi connectivity index (χ0n) is 10.6. The van der Waals surface area contributed by atoms with Gasteiger partial charge in [0.1, 0.15) is 0 Å². The van der Waals surface area contributed by atoms with Crippen molar-refractivity contribution in [2.45, 2.75) is 11.8 Å². The molecule has 104 valence electrons. The summed E-state index contributed by atoms with van der Waals surface area (Å²) in [5, 5.41) is 8.73. The van der Waals surface area contributed by atoms with Gasteiger partial charge in [-0.2, -0.15) is 0 Å². The molecule has 0 heterocycles. The molecular weight excluding hydrogens is 268 g/mol. The van der Waals surface area contributed by atoms with Gasteiger partial charge in [0, 0.05) is 0 Å². The second kappa shape index (κ2) is 7.06. The number of benzene rings is 1. The van der Waals surface area contributed by atoms with Crippen LogP contribution in [-0.4, -0.2) is 38.5 Å². The Morgan fingerprint density at radius 3 is 2.47 bits per heavy atom. The van der Waals surface area contributed by atoms with Crippen molar-refractivity contribution in [3.05, 3.63) is 42.0 Å². The number of hydrogen-bond donors (Lipinski definition) is 1. The highest BCUT2D eigenvalue weighted by Gasteiger charge is 2.14. The minimum absolute atomic E-state index is 0.0586. The Bertz CT molecular complexity index is 543. The molecule has 0 aromatic heterocycles. The second-order valence-corrected chi connectivity index (χ2v) is 5.90. The van der Waals surface area contributed by atoms with E-state index in [0.717, 1.165) is 0 Å². The Morgan fingerprint density at radius 2 is 1.95 bits per heavy atom. The van der Waals surface area contributed by atoms with Crippen LogP contribution in [0, 0.1) is 0 Å². The van der Waals surface area contributed by atoms with Gasteiger partial charge < -0.3 is 9.84 Å². The largest absolute Gasteiger partial charge is 0.478 e. The Morgan fingerprint density at radius 1 is 1.32 bits per heavy atom. The van der Waals surface area contributed by atoms with E-state index in [0.29, 0.717) is 6.61 Å². The summed E-state index contributed by atoms with van der Waals surface area (Å²) in [5.41, 5.74) is 0.0586. The van der Waals surface area contributed by atoms with E-state index in [1.165, 1.54) is 24.3 Å². The Balaban J connectivity index is 2.64. The van der Waals surface area contributed by atoms with E-state index in [4.69, 9.17) is 9.84 Å². The summed E-state index contributed by atoms with van der Waals surface area (Å²) in [5.74, 6) is -1.21. The zero-order valence-corrected chi connectivity index (χ0v) is 11.4. The SMILES string of the molecule is C/C=C/COCCS(=O)(=O)c1ccc(C(=O)O)cc1. The number of carbonyl (C=O) groups is 1. The fraction of sp³-hybridized carbons (Fsp3) is 0.308. The first kappa shape index (κ1) is 15.4. The molecule has 5 nitrogen and oxygen atoms in total. The summed E-state index contributed by atoms with van der Waals surface area (Å²) < 4.78 is 28.9. The number of ether oxygens (including phenoxy) is 1. The van der Waals surface area contributed by atoms with E-state index >= 15 is 0 Å². The predicted octanol–water partition coefficient (Wildman–Crippen LogP) is 1.75. The molecule has 0 radical (unpaired) electrons. The third kappa shape index (κ3) is 4.84. The summed E-state index contributed by atoms with van der Waals surface area (Å²) >= 11 is 0. The third-order valence-corrected chi connectivity index (χ3v) is 4.10. The maximum atomic E-state index is 11.9. The van der Waals surface area contributed by atoms with Crippen LogP contribution in [0.3, 0.4) is 0 Å². The summed E-state index contributed by atoms with van der Waals surface area (Å²) in [6.45, 7) is 2.33. The number of carboxylic acids is 1. The van der Waals surface area contributed by atoms with Crippen LogP contribution in [0.25, 0.3) is 0 Å². The minimum atomic E-state index is -3.43. The average Bonchev–Trinajstić information content (AvgIpc) is 2.38. The number of hydrogen-bond acceptors (Lipinski definition) is 4. The highest BCUT2D eigenvalue weighted by Crippen LogP contribution is 2.12. The van der Waals surface area contributed by atoms with Gasteiger partial charge >= 0.3 is 5.97 Å². The van der Waals surface area contributed by atoms with E-state index in [9.17, 15) is 13.2 Å². The molecule has 0 spiro atoms. The smallest absolute Gasteiger partial charge is 0.335 e. The van der Waals surface area contributed by atoms with Gasteiger partial charge in [0.2, 0.25) is 0 Å². The fourth-order valence-corrected chi connectivity index (χ4v) is 2.46. The first-order valence-corrected chi connectivity index (χ1v) is 7.37. The van der Waals surface area contributed by atoms with Crippen LogP contribution in [-0.2, 0) is 14.6 Å². The summed E-state index contributed by atoms with van der Waals surface area (Å²) in [7, 11) is -3.43. The topological polar surface area (TPSA) is 80.7 Å². The van der Waals surface area contributed by atoms with E-state index < -0.39 is 15.8 Å². The molecule has 1 aromatic rings. The van der Waals surface area contributed by atoms with Crippen molar-refractivity contribution in [1.82, 2.24) is 0 Å². The van der Waals surface area contributed by atoms with Crippen LogP contribution in [0.15, 0.2) is 41.3 Å². The van der Waals surface area contributed by atoms with Crippen LogP contribution >= 0.6 is 0 Å². The minimum Gasteiger partial charge on any atom is -0.478 e. The second-order valence-electron chi connectivity index (χ2n) is 3.79. The van der Waals surface area contributed by atoms with Crippen molar-refractivity contribution >= 4 is 15.8 Å². The van der Waals surface area contributed by atoms with E-state index in [1.807, 2.05) is 13.0 Å². The van der Waals surface area contributed by atoms with Crippen molar-refractivity contribution in [2.75, 3.05) is 19.0 Å². The normalized spacial score (nSPS) is 11.8. The molecule has 0 aliphatic heterocycles. The van der Waals surface area contributed by atoms with Crippen LogP contribution in [0.5, 0.6) is 0 Å². The number of aromatic carboxylic acids is 1. The van der Waals surface area contributed by atoms with E-state index in [2.05, 4.69) is 0 Å². The highest BCUT2D eigenvalue weighted by atomic mass is 32.2. The molecule has 0 bridgehead atoms. The molecule has 1 aromatic carbocycles. The maximum absolute atomic E-state index is 11.9.